The Morgan fingerprint density at radius 2 is 1.93 bits per heavy atom. The van der Waals surface area contributed by atoms with E-state index in [4.69, 9.17) is 16.3 Å². The second-order valence-electron chi connectivity index (χ2n) is 7.55. The second-order valence-corrected chi connectivity index (χ2v) is 8.84. The number of hydrogen-bond acceptors (Lipinski definition) is 3. The zero-order valence-electron chi connectivity index (χ0n) is 15.5. The van der Waals surface area contributed by atoms with Gasteiger partial charge in [-0.15, -0.1) is 0 Å². The normalized spacial score (nSPS) is 25.9. The minimum absolute atomic E-state index is 0.196. The molecule has 0 unspecified atom stereocenters. The van der Waals surface area contributed by atoms with Crippen molar-refractivity contribution in [3.63, 3.8) is 0 Å². The zero-order chi connectivity index (χ0) is 19.9. The number of carboxylic acids is 1. The number of carboxylic acid groups (broad SMARTS) is 1. The number of allylic oxidation sites excluding steroid dienone is 1. The van der Waals surface area contributed by atoms with Gasteiger partial charge in [0.05, 0.1) is 7.11 Å². The summed E-state index contributed by atoms with van der Waals surface area (Å²) in [5.74, 6) is -0.00728. The van der Waals surface area contributed by atoms with E-state index in [0.717, 1.165) is 28.8 Å². The van der Waals surface area contributed by atoms with Gasteiger partial charge in [-0.1, -0.05) is 39.7 Å². The van der Waals surface area contributed by atoms with E-state index >= 15 is 0 Å². The van der Waals surface area contributed by atoms with Crippen LogP contribution >= 0.6 is 27.5 Å². The number of hydrogen-bond donors (Lipinski definition) is 2. The number of fused-ring (bicyclic) bond motifs is 2. The highest BCUT2D eigenvalue weighted by molar-refractivity contribution is 9.11. The van der Waals surface area contributed by atoms with Gasteiger partial charge >= 0.3 is 5.97 Å². The first kappa shape index (κ1) is 19.3. The Kier molecular flexibility index (Phi) is 4.92. The Bertz CT molecular complexity index is 964. The number of methoxy groups -OCH3 is 1. The molecular weight excluding hydrogens is 442 g/mol. The number of halogens is 2. The highest BCUT2D eigenvalue weighted by Crippen LogP contribution is 2.55. The summed E-state index contributed by atoms with van der Waals surface area (Å²) in [6.45, 7) is 0. The molecular formula is C22H21BrClNO3. The molecule has 0 radical (unpaired) electrons. The fourth-order valence-corrected chi connectivity index (χ4v) is 5.50. The van der Waals surface area contributed by atoms with Crippen LogP contribution in [0.5, 0.6) is 5.75 Å². The van der Waals surface area contributed by atoms with Crippen molar-refractivity contribution in [1.29, 1.82) is 0 Å². The lowest BCUT2D eigenvalue weighted by Crippen LogP contribution is -2.52. The van der Waals surface area contributed by atoms with E-state index in [1.807, 2.05) is 18.2 Å². The molecule has 2 N–H and O–H groups in total. The van der Waals surface area contributed by atoms with Gasteiger partial charge in [0.15, 0.2) is 0 Å². The summed E-state index contributed by atoms with van der Waals surface area (Å²) >= 11 is 9.85. The van der Waals surface area contributed by atoms with Gasteiger partial charge in [0, 0.05) is 20.6 Å². The maximum absolute atomic E-state index is 12.3. The van der Waals surface area contributed by atoms with Crippen molar-refractivity contribution in [3.8, 4) is 5.75 Å². The SMILES string of the molecule is COc1ccc2c(c1)C1(CCC(Nc3cccc(Cl)c3)(C(=O)O)CC1)C(Br)=C2. The molecule has 2 aromatic rings. The number of benzene rings is 2. The van der Waals surface area contributed by atoms with Crippen LogP contribution in [0.4, 0.5) is 5.69 Å². The maximum Gasteiger partial charge on any atom is 0.329 e. The summed E-state index contributed by atoms with van der Waals surface area (Å²) in [6.07, 6.45) is 4.62. The average Bonchev–Trinajstić information content (AvgIpc) is 2.94. The van der Waals surface area contributed by atoms with Crippen molar-refractivity contribution in [2.45, 2.75) is 36.6 Å². The molecule has 0 atom stereocenters. The predicted molar refractivity (Wildman–Crippen MR) is 115 cm³/mol. The summed E-state index contributed by atoms with van der Waals surface area (Å²) in [5.41, 5.74) is 1.90. The lowest BCUT2D eigenvalue weighted by Gasteiger charge is -2.44. The molecule has 0 saturated heterocycles. The molecule has 6 heteroatoms. The molecule has 1 fully saturated rings. The Morgan fingerprint density at radius 3 is 2.57 bits per heavy atom. The van der Waals surface area contributed by atoms with Crippen LogP contribution in [0, 0.1) is 0 Å². The molecule has 4 rings (SSSR count). The van der Waals surface area contributed by atoms with Gasteiger partial charge in [0.2, 0.25) is 0 Å². The molecule has 146 valence electrons. The summed E-state index contributed by atoms with van der Waals surface area (Å²) in [5, 5.41) is 13.9. The van der Waals surface area contributed by atoms with Crippen molar-refractivity contribution in [3.05, 3.63) is 63.1 Å². The van der Waals surface area contributed by atoms with Crippen LogP contribution in [0.15, 0.2) is 46.9 Å². The Morgan fingerprint density at radius 1 is 1.18 bits per heavy atom. The third kappa shape index (κ3) is 3.11. The molecule has 4 nitrogen and oxygen atoms in total. The fourth-order valence-electron chi connectivity index (χ4n) is 4.45. The number of aliphatic carboxylic acids is 1. The highest BCUT2D eigenvalue weighted by Gasteiger charge is 2.51. The Balaban J connectivity index is 1.64. The number of nitrogens with one attached hydrogen (secondary N) is 1. The quantitative estimate of drug-likeness (QED) is 0.599. The second kappa shape index (κ2) is 7.12. The first-order valence-corrected chi connectivity index (χ1v) is 10.4. The van der Waals surface area contributed by atoms with Crippen LogP contribution in [-0.4, -0.2) is 23.7 Å². The molecule has 0 amide bonds. The third-order valence-corrected chi connectivity index (χ3v) is 7.31. The summed E-state index contributed by atoms with van der Waals surface area (Å²) in [6, 6.07) is 13.3. The number of ether oxygens (including phenoxy) is 1. The smallest absolute Gasteiger partial charge is 0.329 e. The van der Waals surface area contributed by atoms with Crippen molar-refractivity contribution in [2.75, 3.05) is 12.4 Å². The molecule has 2 aromatic carbocycles. The number of anilines is 1. The van der Waals surface area contributed by atoms with Crippen molar-refractivity contribution in [2.24, 2.45) is 0 Å². The van der Waals surface area contributed by atoms with Crippen molar-refractivity contribution < 1.29 is 14.6 Å². The third-order valence-electron chi connectivity index (χ3n) is 6.09. The van der Waals surface area contributed by atoms with Crippen LogP contribution in [0.3, 0.4) is 0 Å². The van der Waals surface area contributed by atoms with Gasteiger partial charge in [-0.3, -0.25) is 0 Å². The van der Waals surface area contributed by atoms with Crippen LogP contribution < -0.4 is 10.1 Å². The fraction of sp³-hybridized carbons (Fsp3) is 0.318. The summed E-state index contributed by atoms with van der Waals surface area (Å²) < 4.78 is 6.54. The Labute approximate surface area is 177 Å². The topological polar surface area (TPSA) is 58.6 Å². The van der Waals surface area contributed by atoms with Gasteiger partial charge < -0.3 is 15.2 Å². The van der Waals surface area contributed by atoms with Crippen molar-refractivity contribution >= 4 is 45.3 Å². The zero-order valence-corrected chi connectivity index (χ0v) is 17.8. The molecule has 0 heterocycles. The molecule has 2 aliphatic rings. The van der Waals surface area contributed by atoms with Gasteiger partial charge in [0.1, 0.15) is 11.3 Å². The number of rotatable bonds is 4. The molecule has 1 saturated carbocycles. The van der Waals surface area contributed by atoms with E-state index in [0.29, 0.717) is 17.9 Å². The first-order chi connectivity index (χ1) is 13.4. The molecule has 0 bridgehead atoms. The largest absolute Gasteiger partial charge is 0.497 e. The van der Waals surface area contributed by atoms with E-state index < -0.39 is 11.5 Å². The molecule has 0 aromatic heterocycles. The highest BCUT2D eigenvalue weighted by atomic mass is 79.9. The summed E-state index contributed by atoms with van der Waals surface area (Å²) in [4.78, 5) is 12.3. The molecule has 28 heavy (non-hydrogen) atoms. The molecule has 2 aliphatic carbocycles. The van der Waals surface area contributed by atoms with Gasteiger partial charge in [-0.05, 0) is 73.2 Å². The average molecular weight is 463 g/mol. The van der Waals surface area contributed by atoms with Crippen LogP contribution in [0.2, 0.25) is 5.02 Å². The van der Waals surface area contributed by atoms with Crippen LogP contribution in [0.25, 0.3) is 6.08 Å². The van der Waals surface area contributed by atoms with Gasteiger partial charge in [-0.2, -0.15) is 0 Å². The predicted octanol–water partition coefficient (Wildman–Crippen LogP) is 5.85. The minimum Gasteiger partial charge on any atom is -0.497 e. The standard InChI is InChI=1S/C22H21BrClNO3/c1-28-17-6-5-14-11-19(23)21(18(14)13-17)7-9-22(10-8-21,20(26)27)25-16-4-2-3-15(24)12-16/h2-6,11-13,25H,7-10H2,1H3,(H,26,27). The number of carbonyl (C=O) groups is 1. The van der Waals surface area contributed by atoms with E-state index in [1.54, 1.807) is 19.2 Å². The lowest BCUT2D eigenvalue weighted by atomic mass is 9.65. The summed E-state index contributed by atoms with van der Waals surface area (Å²) in [7, 11) is 1.66. The van der Waals surface area contributed by atoms with E-state index in [2.05, 4.69) is 39.5 Å². The van der Waals surface area contributed by atoms with Crippen LogP contribution in [-0.2, 0) is 10.2 Å². The first-order valence-electron chi connectivity index (χ1n) is 9.22. The maximum atomic E-state index is 12.3. The van der Waals surface area contributed by atoms with E-state index in [9.17, 15) is 9.90 Å². The van der Waals surface area contributed by atoms with Crippen molar-refractivity contribution in [1.82, 2.24) is 0 Å². The van der Waals surface area contributed by atoms with E-state index in [-0.39, 0.29) is 5.41 Å². The molecule has 1 spiro atoms. The van der Waals surface area contributed by atoms with E-state index in [1.165, 1.54) is 11.1 Å². The minimum atomic E-state index is -1.01. The van der Waals surface area contributed by atoms with Gasteiger partial charge in [-0.25, -0.2) is 4.79 Å². The Hall–Kier alpha value is -1.98. The monoisotopic (exact) mass is 461 g/mol. The van der Waals surface area contributed by atoms with Gasteiger partial charge in [0.25, 0.3) is 0 Å². The lowest BCUT2D eigenvalue weighted by molar-refractivity contribution is -0.143. The molecule has 0 aliphatic heterocycles. The van der Waals surface area contributed by atoms with Crippen LogP contribution in [0.1, 0.15) is 36.8 Å².